The minimum absolute atomic E-state index is 0.218. The Bertz CT molecular complexity index is 936. The van der Waals surface area contributed by atoms with Gasteiger partial charge in [-0.25, -0.2) is 0 Å². The van der Waals surface area contributed by atoms with Crippen molar-refractivity contribution in [2.75, 3.05) is 0 Å². The summed E-state index contributed by atoms with van der Waals surface area (Å²) < 4.78 is 5.91. The zero-order valence-electron chi connectivity index (χ0n) is 14.5. The molecule has 2 aromatic carbocycles. The molecular weight excluding hydrogens is 312 g/mol. The number of aliphatic hydroxyl groups is 1. The summed E-state index contributed by atoms with van der Waals surface area (Å²) in [6.07, 6.45) is 2.49. The van der Waals surface area contributed by atoms with Crippen LogP contribution in [0.3, 0.4) is 0 Å². The molecule has 3 nitrogen and oxygen atoms in total. The SMILES string of the molecule is CC(C)(O)C#Cc1ccc2c(c1)COc1cc3c(cc1-2)CCCC3=O. The fraction of sp³-hybridized carbons (Fsp3) is 0.318. The summed E-state index contributed by atoms with van der Waals surface area (Å²) in [4.78, 5) is 12.1. The van der Waals surface area contributed by atoms with Crippen molar-refractivity contribution in [3.63, 3.8) is 0 Å². The van der Waals surface area contributed by atoms with E-state index in [4.69, 9.17) is 4.74 Å². The summed E-state index contributed by atoms with van der Waals surface area (Å²) in [5.41, 5.74) is 5.06. The highest BCUT2D eigenvalue weighted by Gasteiger charge is 2.24. The van der Waals surface area contributed by atoms with Crippen LogP contribution in [0.5, 0.6) is 5.75 Å². The molecule has 2 aromatic rings. The van der Waals surface area contributed by atoms with Gasteiger partial charge < -0.3 is 9.84 Å². The topological polar surface area (TPSA) is 46.5 Å². The molecule has 25 heavy (non-hydrogen) atoms. The van der Waals surface area contributed by atoms with E-state index in [0.717, 1.165) is 52.0 Å². The molecule has 1 N–H and O–H groups in total. The molecule has 0 aromatic heterocycles. The Morgan fingerprint density at radius 1 is 1.04 bits per heavy atom. The molecular formula is C22H20O3. The van der Waals surface area contributed by atoms with E-state index < -0.39 is 5.60 Å². The maximum atomic E-state index is 12.1. The molecule has 0 saturated carbocycles. The predicted molar refractivity (Wildman–Crippen MR) is 96.7 cm³/mol. The third kappa shape index (κ3) is 3.06. The Balaban J connectivity index is 1.77. The largest absolute Gasteiger partial charge is 0.488 e. The number of hydrogen-bond acceptors (Lipinski definition) is 3. The molecule has 0 saturated heterocycles. The number of ether oxygens (including phenoxy) is 1. The van der Waals surface area contributed by atoms with Gasteiger partial charge in [-0.1, -0.05) is 17.9 Å². The number of aryl methyl sites for hydroxylation is 1. The zero-order chi connectivity index (χ0) is 17.6. The van der Waals surface area contributed by atoms with E-state index in [1.807, 2.05) is 18.2 Å². The van der Waals surface area contributed by atoms with Gasteiger partial charge in [0, 0.05) is 23.1 Å². The first-order valence-corrected chi connectivity index (χ1v) is 8.62. The Labute approximate surface area is 147 Å². The number of rotatable bonds is 0. The lowest BCUT2D eigenvalue weighted by Crippen LogP contribution is -2.14. The molecule has 4 rings (SSSR count). The lowest BCUT2D eigenvalue weighted by Gasteiger charge is -2.24. The minimum atomic E-state index is -1.01. The quantitative estimate of drug-likeness (QED) is 0.745. The maximum Gasteiger partial charge on any atom is 0.163 e. The van der Waals surface area contributed by atoms with Gasteiger partial charge in [0.15, 0.2) is 5.78 Å². The number of ketones is 1. The molecule has 3 heteroatoms. The average Bonchev–Trinajstić information content (AvgIpc) is 2.58. The van der Waals surface area contributed by atoms with Gasteiger partial charge in [-0.15, -0.1) is 0 Å². The summed E-state index contributed by atoms with van der Waals surface area (Å²) in [5, 5.41) is 9.76. The molecule has 0 radical (unpaired) electrons. The van der Waals surface area contributed by atoms with Gasteiger partial charge in [-0.2, -0.15) is 0 Å². The third-order valence-electron chi connectivity index (χ3n) is 4.65. The molecule has 1 aliphatic heterocycles. The van der Waals surface area contributed by atoms with Gasteiger partial charge in [0.05, 0.1) is 0 Å². The molecule has 0 bridgehead atoms. The lowest BCUT2D eigenvalue weighted by atomic mass is 9.86. The second-order valence-electron chi connectivity index (χ2n) is 7.25. The van der Waals surface area contributed by atoms with Crippen LogP contribution in [0.2, 0.25) is 0 Å². The van der Waals surface area contributed by atoms with Crippen LogP contribution in [-0.4, -0.2) is 16.5 Å². The Kier molecular flexibility index (Phi) is 3.67. The van der Waals surface area contributed by atoms with Crippen molar-refractivity contribution in [3.05, 3.63) is 52.6 Å². The second-order valence-corrected chi connectivity index (χ2v) is 7.25. The van der Waals surface area contributed by atoms with Gasteiger partial charge in [-0.3, -0.25) is 4.79 Å². The van der Waals surface area contributed by atoms with Crippen molar-refractivity contribution in [1.82, 2.24) is 0 Å². The third-order valence-corrected chi connectivity index (χ3v) is 4.65. The van der Waals surface area contributed by atoms with Crippen molar-refractivity contribution in [3.8, 4) is 28.7 Å². The van der Waals surface area contributed by atoms with Crippen LogP contribution in [0.25, 0.3) is 11.1 Å². The second kappa shape index (κ2) is 5.75. The monoisotopic (exact) mass is 332 g/mol. The van der Waals surface area contributed by atoms with Crippen molar-refractivity contribution >= 4 is 5.78 Å². The summed E-state index contributed by atoms with van der Waals surface area (Å²) in [5.74, 6) is 6.86. The van der Waals surface area contributed by atoms with E-state index in [0.29, 0.717) is 13.0 Å². The Morgan fingerprint density at radius 2 is 1.88 bits per heavy atom. The predicted octanol–water partition coefficient (Wildman–Crippen LogP) is 3.89. The van der Waals surface area contributed by atoms with Crippen LogP contribution in [-0.2, 0) is 13.0 Å². The standard InChI is InChI=1S/C22H20O3/c1-22(2,24)9-8-14-6-7-17-16(10-14)13-25-21-12-18-15(11-19(17)21)4-3-5-20(18)23/h6-7,10-12,24H,3-5,13H2,1-2H3. The molecule has 1 heterocycles. The Morgan fingerprint density at radius 3 is 2.68 bits per heavy atom. The number of Topliss-reactive ketones (excluding diaryl/α,β-unsaturated/α-hetero) is 1. The van der Waals surface area contributed by atoms with Crippen LogP contribution in [0, 0.1) is 11.8 Å². The normalized spacial score (nSPS) is 15.2. The number of carbonyl (C=O) groups excluding carboxylic acids is 1. The highest BCUT2D eigenvalue weighted by Crippen LogP contribution is 2.41. The number of carbonyl (C=O) groups is 1. The van der Waals surface area contributed by atoms with Gasteiger partial charge in [0.2, 0.25) is 0 Å². The molecule has 126 valence electrons. The van der Waals surface area contributed by atoms with E-state index in [2.05, 4.69) is 24.0 Å². The minimum Gasteiger partial charge on any atom is -0.488 e. The van der Waals surface area contributed by atoms with E-state index >= 15 is 0 Å². The fourth-order valence-electron chi connectivity index (χ4n) is 3.43. The smallest absolute Gasteiger partial charge is 0.163 e. The van der Waals surface area contributed by atoms with Crippen molar-refractivity contribution in [2.24, 2.45) is 0 Å². The van der Waals surface area contributed by atoms with Crippen LogP contribution < -0.4 is 4.74 Å². The molecule has 0 spiro atoms. The van der Waals surface area contributed by atoms with Crippen LogP contribution in [0.15, 0.2) is 30.3 Å². The van der Waals surface area contributed by atoms with E-state index in [9.17, 15) is 9.90 Å². The van der Waals surface area contributed by atoms with Gasteiger partial charge in [0.25, 0.3) is 0 Å². The summed E-state index contributed by atoms with van der Waals surface area (Å²) in [6, 6.07) is 10.1. The first-order chi connectivity index (χ1) is 11.9. The molecule has 0 amide bonds. The first-order valence-electron chi connectivity index (χ1n) is 8.62. The molecule has 0 fully saturated rings. The van der Waals surface area contributed by atoms with Crippen LogP contribution in [0.4, 0.5) is 0 Å². The lowest BCUT2D eigenvalue weighted by molar-refractivity contribution is 0.0972. The maximum absolute atomic E-state index is 12.1. The highest BCUT2D eigenvalue weighted by atomic mass is 16.5. The van der Waals surface area contributed by atoms with Crippen molar-refractivity contribution < 1.29 is 14.6 Å². The summed E-state index contributed by atoms with van der Waals surface area (Å²) >= 11 is 0. The van der Waals surface area contributed by atoms with Crippen molar-refractivity contribution in [2.45, 2.75) is 45.3 Å². The number of fused-ring (bicyclic) bond motifs is 4. The molecule has 0 atom stereocenters. The Hall–Kier alpha value is -2.57. The number of benzene rings is 2. The fourth-order valence-corrected chi connectivity index (χ4v) is 3.43. The summed E-state index contributed by atoms with van der Waals surface area (Å²) in [6.45, 7) is 3.80. The molecule has 2 aliphatic rings. The van der Waals surface area contributed by atoms with Crippen molar-refractivity contribution in [1.29, 1.82) is 0 Å². The van der Waals surface area contributed by atoms with E-state index in [1.165, 1.54) is 0 Å². The molecule has 0 unspecified atom stereocenters. The van der Waals surface area contributed by atoms with E-state index in [-0.39, 0.29) is 5.78 Å². The van der Waals surface area contributed by atoms with Crippen LogP contribution >= 0.6 is 0 Å². The van der Waals surface area contributed by atoms with Crippen LogP contribution in [0.1, 0.15) is 53.7 Å². The average molecular weight is 332 g/mol. The zero-order valence-corrected chi connectivity index (χ0v) is 14.5. The molecule has 1 aliphatic carbocycles. The van der Waals surface area contributed by atoms with Gasteiger partial charge in [-0.05, 0) is 67.6 Å². The van der Waals surface area contributed by atoms with E-state index in [1.54, 1.807) is 13.8 Å². The van der Waals surface area contributed by atoms with Gasteiger partial charge in [0.1, 0.15) is 18.0 Å². The summed E-state index contributed by atoms with van der Waals surface area (Å²) in [7, 11) is 0. The first kappa shape index (κ1) is 15.9. The van der Waals surface area contributed by atoms with Gasteiger partial charge >= 0.3 is 0 Å². The number of hydrogen-bond donors (Lipinski definition) is 1. The highest BCUT2D eigenvalue weighted by molar-refractivity contribution is 6.00.